The van der Waals surface area contributed by atoms with Crippen LogP contribution < -0.4 is 10.6 Å². The van der Waals surface area contributed by atoms with Crippen molar-refractivity contribution in [2.24, 2.45) is 0 Å². The van der Waals surface area contributed by atoms with Gasteiger partial charge in [-0.05, 0) is 30.3 Å². The first-order valence-corrected chi connectivity index (χ1v) is 9.20. The number of hydrogen-bond donors (Lipinski definition) is 1. The number of nitrogens with zero attached hydrogens (tertiary/aromatic N) is 2. The number of nitrogens with two attached hydrogens (primary N) is 1. The Morgan fingerprint density at radius 2 is 1.74 bits per heavy atom. The lowest BCUT2D eigenvalue weighted by molar-refractivity contribution is -0.134. The lowest BCUT2D eigenvalue weighted by atomic mass is 10.2. The van der Waals surface area contributed by atoms with Crippen LogP contribution >= 0.6 is 23.2 Å². The van der Waals surface area contributed by atoms with E-state index in [0.717, 1.165) is 5.69 Å². The van der Waals surface area contributed by atoms with Crippen LogP contribution in [0.15, 0.2) is 42.5 Å². The highest BCUT2D eigenvalue weighted by Gasteiger charge is 2.23. The summed E-state index contributed by atoms with van der Waals surface area (Å²) in [6.07, 6.45) is 0. The number of hydrogen-bond acceptors (Lipinski definition) is 5. The van der Waals surface area contributed by atoms with E-state index in [0.29, 0.717) is 36.2 Å². The second-order valence-electron chi connectivity index (χ2n) is 6.13. The van der Waals surface area contributed by atoms with Gasteiger partial charge in [0.25, 0.3) is 5.91 Å². The van der Waals surface area contributed by atoms with Crippen molar-refractivity contribution < 1.29 is 14.3 Å². The van der Waals surface area contributed by atoms with E-state index in [1.807, 2.05) is 24.3 Å². The molecule has 1 amide bonds. The maximum atomic E-state index is 12.3. The van der Waals surface area contributed by atoms with Crippen LogP contribution in [0, 0.1) is 0 Å². The Morgan fingerprint density at radius 3 is 2.41 bits per heavy atom. The van der Waals surface area contributed by atoms with Crippen LogP contribution in [0.4, 0.5) is 11.4 Å². The van der Waals surface area contributed by atoms with Crippen molar-refractivity contribution in [2.75, 3.05) is 43.4 Å². The Bertz CT molecular complexity index is 852. The fraction of sp³-hybridized carbons (Fsp3) is 0.263. The fourth-order valence-electron chi connectivity index (χ4n) is 2.92. The van der Waals surface area contributed by atoms with E-state index in [1.54, 1.807) is 11.0 Å². The highest BCUT2D eigenvalue weighted by atomic mass is 35.5. The quantitative estimate of drug-likeness (QED) is 0.622. The van der Waals surface area contributed by atoms with Crippen LogP contribution in [0.5, 0.6) is 0 Å². The second kappa shape index (κ2) is 8.50. The molecule has 0 atom stereocenters. The largest absolute Gasteiger partial charge is 0.452 e. The lowest BCUT2D eigenvalue weighted by Gasteiger charge is -2.36. The minimum atomic E-state index is -0.646. The Labute approximate surface area is 167 Å². The molecule has 2 aromatic carbocycles. The molecule has 1 saturated heterocycles. The zero-order valence-corrected chi connectivity index (χ0v) is 16.0. The summed E-state index contributed by atoms with van der Waals surface area (Å²) in [6, 6.07) is 12.1. The van der Waals surface area contributed by atoms with Crippen LogP contribution in [0.25, 0.3) is 0 Å². The topological polar surface area (TPSA) is 75.9 Å². The van der Waals surface area contributed by atoms with Gasteiger partial charge in [-0.25, -0.2) is 4.79 Å². The Kier molecular flexibility index (Phi) is 6.08. The molecule has 142 valence electrons. The van der Waals surface area contributed by atoms with Crippen molar-refractivity contribution in [3.63, 3.8) is 0 Å². The zero-order valence-electron chi connectivity index (χ0n) is 14.5. The summed E-state index contributed by atoms with van der Waals surface area (Å²) >= 11 is 12.0. The molecule has 0 bridgehead atoms. The molecule has 3 rings (SSSR count). The molecule has 0 saturated carbocycles. The van der Waals surface area contributed by atoms with Gasteiger partial charge < -0.3 is 20.3 Å². The van der Waals surface area contributed by atoms with Gasteiger partial charge in [0.1, 0.15) is 0 Å². The van der Waals surface area contributed by atoms with Gasteiger partial charge in [0.2, 0.25) is 0 Å². The van der Waals surface area contributed by atoms with Crippen molar-refractivity contribution >= 4 is 46.5 Å². The number of benzene rings is 2. The monoisotopic (exact) mass is 407 g/mol. The average Bonchev–Trinajstić information content (AvgIpc) is 2.66. The molecule has 1 heterocycles. The molecule has 2 aromatic rings. The van der Waals surface area contributed by atoms with Gasteiger partial charge in [-0.1, -0.05) is 35.3 Å². The highest BCUT2D eigenvalue weighted by molar-refractivity contribution is 6.33. The summed E-state index contributed by atoms with van der Waals surface area (Å²) in [6.45, 7) is 2.06. The van der Waals surface area contributed by atoms with Gasteiger partial charge >= 0.3 is 5.97 Å². The molecular weight excluding hydrogens is 389 g/mol. The summed E-state index contributed by atoms with van der Waals surface area (Å²) < 4.78 is 5.11. The van der Waals surface area contributed by atoms with Crippen molar-refractivity contribution in [2.45, 2.75) is 0 Å². The van der Waals surface area contributed by atoms with Crippen LogP contribution in [0.3, 0.4) is 0 Å². The number of carbonyl (C=O) groups is 2. The van der Waals surface area contributed by atoms with Crippen molar-refractivity contribution in [3.05, 3.63) is 58.1 Å². The molecule has 6 nitrogen and oxygen atoms in total. The van der Waals surface area contributed by atoms with Crippen molar-refractivity contribution in [1.82, 2.24) is 4.90 Å². The van der Waals surface area contributed by atoms with Gasteiger partial charge in [0.05, 0.1) is 16.3 Å². The Balaban J connectivity index is 1.51. The third-order valence-corrected chi connectivity index (χ3v) is 4.94. The summed E-state index contributed by atoms with van der Waals surface area (Å²) in [5.74, 6) is -0.887. The van der Waals surface area contributed by atoms with E-state index in [-0.39, 0.29) is 23.8 Å². The molecule has 0 aromatic heterocycles. The molecule has 2 N–H and O–H groups in total. The number of ether oxygens (including phenoxy) is 1. The molecule has 0 unspecified atom stereocenters. The van der Waals surface area contributed by atoms with E-state index in [4.69, 9.17) is 33.7 Å². The number of piperazine rings is 1. The summed E-state index contributed by atoms with van der Waals surface area (Å²) in [4.78, 5) is 28.2. The molecule has 1 aliphatic rings. The zero-order chi connectivity index (χ0) is 19.4. The lowest BCUT2D eigenvalue weighted by Crippen LogP contribution is -2.50. The van der Waals surface area contributed by atoms with E-state index < -0.39 is 5.97 Å². The smallest absolute Gasteiger partial charge is 0.340 e. The number of halogens is 2. The maximum absolute atomic E-state index is 12.3. The van der Waals surface area contributed by atoms with Crippen molar-refractivity contribution in [1.29, 1.82) is 0 Å². The first-order chi connectivity index (χ1) is 13.0. The maximum Gasteiger partial charge on any atom is 0.340 e. The minimum Gasteiger partial charge on any atom is -0.452 e. The van der Waals surface area contributed by atoms with Crippen LogP contribution in [-0.4, -0.2) is 49.6 Å². The van der Waals surface area contributed by atoms with Gasteiger partial charge in [-0.15, -0.1) is 0 Å². The Morgan fingerprint density at radius 1 is 1.04 bits per heavy atom. The first kappa shape index (κ1) is 19.3. The van der Waals surface area contributed by atoms with E-state index >= 15 is 0 Å². The highest BCUT2D eigenvalue weighted by Crippen LogP contribution is 2.26. The standard InChI is InChI=1S/C19H19Cl2N3O3/c20-13-5-6-14(16(22)11-13)19(26)27-12-18(25)24-9-7-23(8-10-24)17-4-2-1-3-15(17)21/h1-6,11H,7-10,12,22H2. The fourth-order valence-corrected chi connectivity index (χ4v) is 3.36. The summed E-state index contributed by atoms with van der Waals surface area (Å²) in [5, 5.41) is 1.11. The minimum absolute atomic E-state index is 0.190. The normalized spacial score (nSPS) is 14.1. The van der Waals surface area contributed by atoms with Gasteiger partial charge in [-0.3, -0.25) is 4.79 Å². The number of para-hydroxylation sites is 1. The molecule has 1 aliphatic heterocycles. The molecule has 1 fully saturated rings. The molecular formula is C19H19Cl2N3O3. The predicted molar refractivity (Wildman–Crippen MR) is 106 cm³/mol. The van der Waals surface area contributed by atoms with Crippen molar-refractivity contribution in [3.8, 4) is 0 Å². The van der Waals surface area contributed by atoms with Gasteiger partial charge in [0, 0.05) is 36.9 Å². The van der Waals surface area contributed by atoms with Gasteiger partial charge in [0.15, 0.2) is 6.61 Å². The molecule has 0 spiro atoms. The van der Waals surface area contributed by atoms with E-state index in [1.165, 1.54) is 12.1 Å². The molecule has 27 heavy (non-hydrogen) atoms. The third kappa shape index (κ3) is 4.64. The average molecular weight is 408 g/mol. The summed E-state index contributed by atoms with van der Waals surface area (Å²) in [5.41, 5.74) is 7.12. The van der Waals surface area contributed by atoms with Gasteiger partial charge in [-0.2, -0.15) is 0 Å². The number of carbonyl (C=O) groups excluding carboxylic acids is 2. The summed E-state index contributed by atoms with van der Waals surface area (Å²) in [7, 11) is 0. The van der Waals surface area contributed by atoms with E-state index in [9.17, 15) is 9.59 Å². The predicted octanol–water partition coefficient (Wildman–Crippen LogP) is 3.08. The Hall–Kier alpha value is -2.44. The first-order valence-electron chi connectivity index (χ1n) is 8.45. The van der Waals surface area contributed by atoms with Crippen LogP contribution in [-0.2, 0) is 9.53 Å². The molecule has 8 heteroatoms. The molecule has 0 aliphatic carbocycles. The SMILES string of the molecule is Nc1cc(Cl)ccc1C(=O)OCC(=O)N1CCN(c2ccccc2Cl)CC1. The van der Waals surface area contributed by atoms with E-state index in [2.05, 4.69) is 4.90 Å². The number of rotatable bonds is 4. The third-order valence-electron chi connectivity index (χ3n) is 4.39. The number of esters is 1. The van der Waals surface area contributed by atoms with Crippen LogP contribution in [0.2, 0.25) is 10.0 Å². The number of amides is 1. The number of anilines is 2. The molecule has 0 radical (unpaired) electrons. The number of nitrogen functional groups attached to an aromatic ring is 1. The van der Waals surface area contributed by atoms with Crippen LogP contribution in [0.1, 0.15) is 10.4 Å². The second-order valence-corrected chi connectivity index (χ2v) is 6.97.